The molecule has 3 amide bonds. The van der Waals surface area contributed by atoms with Crippen LogP contribution in [0.3, 0.4) is 0 Å². The van der Waals surface area contributed by atoms with Crippen LogP contribution in [0.2, 0.25) is 0 Å². The van der Waals surface area contributed by atoms with Crippen molar-refractivity contribution in [3.63, 3.8) is 0 Å². The topological polar surface area (TPSA) is 72.9 Å². The smallest absolute Gasteiger partial charge is 0.317 e. The second kappa shape index (κ2) is 8.34. The van der Waals surface area contributed by atoms with E-state index in [9.17, 15) is 14.7 Å². The minimum Gasteiger partial charge on any atom is -0.394 e. The Kier molecular flexibility index (Phi) is 6.42. The molecule has 0 radical (unpaired) electrons. The summed E-state index contributed by atoms with van der Waals surface area (Å²) in [5.74, 6) is -0.0486. The van der Waals surface area contributed by atoms with E-state index in [0.29, 0.717) is 13.1 Å². The van der Waals surface area contributed by atoms with Crippen LogP contribution in [0.4, 0.5) is 4.79 Å². The Hall–Kier alpha value is -2.08. The largest absolute Gasteiger partial charge is 0.394 e. The fraction of sp³-hybridized carbons (Fsp3) is 0.579. The van der Waals surface area contributed by atoms with Gasteiger partial charge in [0.1, 0.15) is 0 Å². The molecule has 1 aromatic rings. The number of benzene rings is 1. The Labute approximate surface area is 149 Å². The van der Waals surface area contributed by atoms with Gasteiger partial charge in [-0.25, -0.2) is 4.79 Å². The van der Waals surface area contributed by atoms with Crippen molar-refractivity contribution in [2.45, 2.75) is 51.7 Å². The van der Waals surface area contributed by atoms with E-state index < -0.39 is 0 Å². The molecule has 2 rings (SSSR count). The highest BCUT2D eigenvalue weighted by atomic mass is 16.3. The van der Waals surface area contributed by atoms with E-state index in [-0.39, 0.29) is 42.6 Å². The van der Waals surface area contributed by atoms with Crippen molar-refractivity contribution in [3.8, 4) is 0 Å². The molecule has 1 aromatic carbocycles. The molecule has 3 atom stereocenters. The molecule has 25 heavy (non-hydrogen) atoms. The molecular formula is C19H29N3O3. The van der Waals surface area contributed by atoms with Gasteiger partial charge in [0.25, 0.3) is 0 Å². The standard InChI is InChI=1S/C19H29N3O3/c1-5-21(19(25)20-13(2)3)11-16-18(15-9-7-6-8-10-15)17(12-23)22(16)14(4)24/h6-10,13,16-18,23H,5,11-12H2,1-4H3,(H,20,25)/t16-,17+,18-/m0/s1. The van der Waals surface area contributed by atoms with E-state index in [1.165, 1.54) is 6.92 Å². The van der Waals surface area contributed by atoms with Gasteiger partial charge < -0.3 is 20.2 Å². The lowest BCUT2D eigenvalue weighted by Gasteiger charge is -2.55. The first-order chi connectivity index (χ1) is 11.9. The number of urea groups is 1. The number of likely N-dealkylation sites (tertiary alicyclic amines) is 1. The van der Waals surface area contributed by atoms with Crippen LogP contribution >= 0.6 is 0 Å². The predicted octanol–water partition coefficient (Wildman–Crippen LogP) is 1.80. The van der Waals surface area contributed by atoms with Crippen molar-refractivity contribution < 1.29 is 14.7 Å². The summed E-state index contributed by atoms with van der Waals surface area (Å²) in [7, 11) is 0. The third-order valence-corrected chi connectivity index (χ3v) is 4.77. The molecule has 2 N–H and O–H groups in total. The minimum atomic E-state index is -0.239. The quantitative estimate of drug-likeness (QED) is 0.824. The van der Waals surface area contributed by atoms with Crippen LogP contribution in [0.1, 0.15) is 39.2 Å². The summed E-state index contributed by atoms with van der Waals surface area (Å²) in [4.78, 5) is 27.9. The molecule has 0 aliphatic carbocycles. The molecule has 1 saturated heterocycles. The highest BCUT2D eigenvalue weighted by Gasteiger charge is 2.50. The molecule has 1 fully saturated rings. The van der Waals surface area contributed by atoms with Crippen LogP contribution in [0.5, 0.6) is 0 Å². The number of likely N-dealkylation sites (N-methyl/N-ethyl adjacent to an activating group) is 1. The van der Waals surface area contributed by atoms with E-state index >= 15 is 0 Å². The number of amides is 3. The van der Waals surface area contributed by atoms with Gasteiger partial charge in [0, 0.05) is 32.0 Å². The second-order valence-corrected chi connectivity index (χ2v) is 6.82. The van der Waals surface area contributed by atoms with Gasteiger partial charge >= 0.3 is 6.03 Å². The summed E-state index contributed by atoms with van der Waals surface area (Å²) in [6.45, 7) is 8.22. The maximum absolute atomic E-state index is 12.4. The monoisotopic (exact) mass is 347 g/mol. The SMILES string of the molecule is CCN(C[C@H]1[C@H](c2ccccc2)[C@@H](CO)N1C(C)=O)C(=O)NC(C)C. The van der Waals surface area contributed by atoms with Crippen molar-refractivity contribution in [1.29, 1.82) is 0 Å². The first-order valence-corrected chi connectivity index (χ1v) is 8.90. The van der Waals surface area contributed by atoms with Gasteiger partial charge in [-0.1, -0.05) is 30.3 Å². The van der Waals surface area contributed by atoms with E-state index in [1.807, 2.05) is 51.1 Å². The van der Waals surface area contributed by atoms with Crippen molar-refractivity contribution >= 4 is 11.9 Å². The van der Waals surface area contributed by atoms with E-state index in [2.05, 4.69) is 5.32 Å². The Bertz CT molecular complexity index is 591. The van der Waals surface area contributed by atoms with Gasteiger partial charge in [0.05, 0.1) is 18.7 Å². The summed E-state index contributed by atoms with van der Waals surface area (Å²) in [5, 5.41) is 12.7. The minimum absolute atomic E-state index is 0.0241. The summed E-state index contributed by atoms with van der Waals surface area (Å²) < 4.78 is 0. The van der Waals surface area contributed by atoms with E-state index in [4.69, 9.17) is 0 Å². The maximum atomic E-state index is 12.4. The number of nitrogens with zero attached hydrogens (tertiary/aromatic N) is 2. The molecule has 1 heterocycles. The summed E-state index contributed by atoms with van der Waals surface area (Å²) in [6, 6.07) is 9.46. The zero-order chi connectivity index (χ0) is 18.6. The van der Waals surface area contributed by atoms with Crippen molar-refractivity contribution in [3.05, 3.63) is 35.9 Å². The summed E-state index contributed by atoms with van der Waals surface area (Å²) in [6.07, 6.45) is 0. The van der Waals surface area contributed by atoms with Crippen molar-refractivity contribution in [2.75, 3.05) is 19.7 Å². The molecule has 0 aromatic heterocycles. The average Bonchev–Trinajstić information content (AvgIpc) is 2.54. The van der Waals surface area contributed by atoms with Crippen LogP contribution in [-0.2, 0) is 4.79 Å². The highest BCUT2D eigenvalue weighted by Crippen LogP contribution is 2.41. The van der Waals surface area contributed by atoms with Crippen molar-refractivity contribution in [1.82, 2.24) is 15.1 Å². The zero-order valence-corrected chi connectivity index (χ0v) is 15.5. The summed E-state index contributed by atoms with van der Waals surface area (Å²) in [5.41, 5.74) is 1.09. The number of rotatable bonds is 6. The number of carbonyl (C=O) groups is 2. The van der Waals surface area contributed by atoms with Crippen molar-refractivity contribution in [2.24, 2.45) is 0 Å². The molecule has 138 valence electrons. The van der Waals surface area contributed by atoms with Gasteiger partial charge in [-0.05, 0) is 26.3 Å². The average molecular weight is 347 g/mol. The van der Waals surface area contributed by atoms with Crippen LogP contribution < -0.4 is 5.32 Å². The lowest BCUT2D eigenvalue weighted by atomic mass is 9.75. The Morgan fingerprint density at radius 1 is 1.24 bits per heavy atom. The first-order valence-electron chi connectivity index (χ1n) is 8.90. The fourth-order valence-electron chi connectivity index (χ4n) is 3.66. The van der Waals surface area contributed by atoms with E-state index in [0.717, 1.165) is 5.56 Å². The summed E-state index contributed by atoms with van der Waals surface area (Å²) >= 11 is 0. The molecule has 0 spiro atoms. The number of hydrogen-bond acceptors (Lipinski definition) is 3. The third-order valence-electron chi connectivity index (χ3n) is 4.77. The molecule has 1 aliphatic rings. The van der Waals surface area contributed by atoms with E-state index in [1.54, 1.807) is 9.80 Å². The number of aliphatic hydroxyl groups is 1. The van der Waals surface area contributed by atoms with Crippen LogP contribution in [0.25, 0.3) is 0 Å². The first kappa shape index (κ1) is 19.2. The molecule has 6 nitrogen and oxygen atoms in total. The lowest BCUT2D eigenvalue weighted by molar-refractivity contribution is -0.149. The third kappa shape index (κ3) is 4.12. The molecule has 0 unspecified atom stereocenters. The number of carbonyl (C=O) groups excluding carboxylic acids is 2. The fourth-order valence-corrected chi connectivity index (χ4v) is 3.66. The Morgan fingerprint density at radius 3 is 2.36 bits per heavy atom. The molecular weight excluding hydrogens is 318 g/mol. The molecule has 0 saturated carbocycles. The van der Waals surface area contributed by atoms with Crippen LogP contribution in [-0.4, -0.2) is 64.7 Å². The van der Waals surface area contributed by atoms with Crippen LogP contribution in [0, 0.1) is 0 Å². The van der Waals surface area contributed by atoms with Gasteiger partial charge in [0.2, 0.25) is 5.91 Å². The van der Waals surface area contributed by atoms with Gasteiger partial charge in [-0.3, -0.25) is 4.79 Å². The molecule has 0 bridgehead atoms. The Morgan fingerprint density at radius 2 is 1.88 bits per heavy atom. The normalized spacial score (nSPS) is 22.5. The Balaban J connectivity index is 2.23. The number of aliphatic hydroxyl groups excluding tert-OH is 1. The lowest BCUT2D eigenvalue weighted by Crippen LogP contribution is -2.68. The number of hydrogen-bond donors (Lipinski definition) is 2. The highest BCUT2D eigenvalue weighted by molar-refractivity contribution is 5.77. The van der Waals surface area contributed by atoms with Gasteiger partial charge in [-0.2, -0.15) is 0 Å². The maximum Gasteiger partial charge on any atom is 0.317 e. The zero-order valence-electron chi connectivity index (χ0n) is 15.5. The predicted molar refractivity (Wildman–Crippen MR) is 97.3 cm³/mol. The second-order valence-electron chi connectivity index (χ2n) is 6.82. The van der Waals surface area contributed by atoms with Gasteiger partial charge in [0.15, 0.2) is 0 Å². The molecule has 6 heteroatoms. The van der Waals surface area contributed by atoms with Crippen LogP contribution in [0.15, 0.2) is 30.3 Å². The van der Waals surface area contributed by atoms with Gasteiger partial charge in [-0.15, -0.1) is 0 Å². The molecule has 1 aliphatic heterocycles. The number of nitrogens with one attached hydrogen (secondary N) is 1.